The highest BCUT2D eigenvalue weighted by molar-refractivity contribution is 5.95. The van der Waals surface area contributed by atoms with E-state index in [9.17, 15) is 14.4 Å². The van der Waals surface area contributed by atoms with Crippen molar-refractivity contribution < 1.29 is 24.2 Å². The fraction of sp³-hybridized carbons (Fsp3) is 0.679. The second-order valence-electron chi connectivity index (χ2n) is 11.0. The largest absolute Gasteiger partial charge is 0.481 e. The Hall–Kier alpha value is -2.37. The highest BCUT2D eigenvalue weighted by Gasteiger charge is 2.43. The highest BCUT2D eigenvalue weighted by atomic mass is 16.6. The van der Waals surface area contributed by atoms with Crippen LogP contribution in [0.4, 0.5) is 4.79 Å². The summed E-state index contributed by atoms with van der Waals surface area (Å²) in [6, 6.07) is 9.79. The van der Waals surface area contributed by atoms with Crippen LogP contribution in [-0.2, 0) is 20.7 Å². The lowest BCUT2D eigenvalue weighted by atomic mass is 9.75. The van der Waals surface area contributed by atoms with Crippen LogP contribution in [0.25, 0.3) is 0 Å². The van der Waals surface area contributed by atoms with Gasteiger partial charge in [0.05, 0.1) is 12.0 Å². The van der Waals surface area contributed by atoms with Crippen LogP contribution < -0.4 is 0 Å². The molecule has 3 fully saturated rings. The number of carbonyl (C=O) groups is 3. The molecule has 6 heteroatoms. The summed E-state index contributed by atoms with van der Waals surface area (Å²) in [4.78, 5) is 37.1. The summed E-state index contributed by atoms with van der Waals surface area (Å²) in [7, 11) is 0. The second-order valence-corrected chi connectivity index (χ2v) is 11.0. The first-order chi connectivity index (χ1) is 16.2. The molecular weight excluding hydrogens is 430 g/mol. The first kappa shape index (κ1) is 26.2. The number of aliphatic carboxylic acids is 1. The van der Waals surface area contributed by atoms with Crippen LogP contribution in [-0.4, -0.2) is 40.6 Å². The molecule has 2 aliphatic carbocycles. The predicted molar refractivity (Wildman–Crippen MR) is 131 cm³/mol. The number of imide groups is 1. The van der Waals surface area contributed by atoms with Crippen LogP contribution in [0.2, 0.25) is 0 Å². The number of carbonyl (C=O) groups excluding carboxylic acids is 2. The number of cyclic esters (lactones) is 1. The van der Waals surface area contributed by atoms with Gasteiger partial charge in [-0.25, -0.2) is 9.69 Å². The highest BCUT2D eigenvalue weighted by Crippen LogP contribution is 2.36. The van der Waals surface area contributed by atoms with Crippen molar-refractivity contribution in [2.75, 3.05) is 6.61 Å². The zero-order valence-electron chi connectivity index (χ0n) is 21.1. The Bertz CT molecular complexity index is 840. The van der Waals surface area contributed by atoms with Gasteiger partial charge in [-0.2, -0.15) is 0 Å². The van der Waals surface area contributed by atoms with E-state index in [0.717, 1.165) is 50.0 Å². The molecule has 0 radical (unpaired) electrons. The summed E-state index contributed by atoms with van der Waals surface area (Å²) < 4.78 is 5.18. The Morgan fingerprint density at radius 2 is 1.47 bits per heavy atom. The average molecular weight is 472 g/mol. The van der Waals surface area contributed by atoms with Crippen LogP contribution >= 0.6 is 0 Å². The maximum absolute atomic E-state index is 13.0. The molecule has 1 aliphatic heterocycles. The minimum Gasteiger partial charge on any atom is -0.481 e. The van der Waals surface area contributed by atoms with Crippen molar-refractivity contribution in [1.29, 1.82) is 0 Å². The first-order valence-corrected chi connectivity index (χ1v) is 12.9. The molecule has 188 valence electrons. The van der Waals surface area contributed by atoms with Gasteiger partial charge in [0, 0.05) is 5.92 Å². The van der Waals surface area contributed by atoms with Gasteiger partial charge in [0.15, 0.2) is 0 Å². The van der Waals surface area contributed by atoms with Crippen LogP contribution in [0.3, 0.4) is 0 Å². The topological polar surface area (TPSA) is 83.9 Å². The smallest absolute Gasteiger partial charge is 0.416 e. The minimum absolute atomic E-state index is 0.0344. The number of amides is 2. The van der Waals surface area contributed by atoms with Crippen molar-refractivity contribution in [2.45, 2.75) is 78.7 Å². The van der Waals surface area contributed by atoms with Gasteiger partial charge in [-0.05, 0) is 74.2 Å². The molecular formula is C28H41NO5. The Labute approximate surface area is 204 Å². The lowest BCUT2D eigenvalue weighted by Crippen LogP contribution is -2.46. The SMILES string of the molecule is C[C@H]1CC[C@H](C(=O)N2C(=O)OC[C@@H]2Cc2ccccc2)[C@@H](C)C1.C[C@H]1CC[C@H](C(=O)O)[C@@H](C)C1. The minimum atomic E-state index is -0.607. The number of carboxylic acids is 1. The van der Waals surface area contributed by atoms with E-state index in [1.54, 1.807) is 0 Å². The van der Waals surface area contributed by atoms with Crippen LogP contribution in [0.15, 0.2) is 30.3 Å². The summed E-state index contributed by atoms with van der Waals surface area (Å²) in [6.07, 6.45) is 6.23. The molecule has 2 amide bonds. The monoisotopic (exact) mass is 471 g/mol. The molecule has 34 heavy (non-hydrogen) atoms. The van der Waals surface area contributed by atoms with E-state index in [-0.39, 0.29) is 23.8 Å². The van der Waals surface area contributed by atoms with Gasteiger partial charge in [0.1, 0.15) is 6.61 Å². The summed E-state index contributed by atoms with van der Waals surface area (Å²) in [5.41, 5.74) is 1.12. The van der Waals surface area contributed by atoms with Gasteiger partial charge in [-0.1, -0.05) is 58.0 Å². The number of carboxylic acid groups (broad SMARTS) is 1. The van der Waals surface area contributed by atoms with Crippen molar-refractivity contribution in [2.24, 2.45) is 35.5 Å². The van der Waals surface area contributed by atoms with Gasteiger partial charge in [-0.15, -0.1) is 0 Å². The molecule has 1 heterocycles. The molecule has 2 saturated carbocycles. The van der Waals surface area contributed by atoms with E-state index < -0.39 is 12.1 Å². The lowest BCUT2D eigenvalue weighted by molar-refractivity contribution is -0.145. The fourth-order valence-corrected chi connectivity index (χ4v) is 6.01. The van der Waals surface area contributed by atoms with E-state index in [4.69, 9.17) is 9.84 Å². The molecule has 6 nitrogen and oxygen atoms in total. The molecule has 0 aromatic heterocycles. The summed E-state index contributed by atoms with van der Waals surface area (Å²) >= 11 is 0. The Balaban J connectivity index is 0.000000248. The molecule has 7 atom stereocenters. The first-order valence-electron chi connectivity index (χ1n) is 12.9. The van der Waals surface area contributed by atoms with Gasteiger partial charge >= 0.3 is 12.1 Å². The maximum atomic E-state index is 13.0. The van der Waals surface area contributed by atoms with Crippen LogP contribution in [0, 0.1) is 35.5 Å². The molecule has 4 rings (SSSR count). The van der Waals surface area contributed by atoms with Crippen molar-refractivity contribution >= 4 is 18.0 Å². The molecule has 0 unspecified atom stereocenters. The number of hydrogen-bond donors (Lipinski definition) is 1. The summed E-state index contributed by atoms with van der Waals surface area (Å²) in [5.74, 6) is 1.33. The Kier molecular flexibility index (Phi) is 9.15. The normalized spacial score (nSPS) is 33.5. The van der Waals surface area contributed by atoms with E-state index in [1.165, 1.54) is 4.90 Å². The zero-order valence-corrected chi connectivity index (χ0v) is 21.1. The van der Waals surface area contributed by atoms with E-state index in [0.29, 0.717) is 30.8 Å². The molecule has 1 aromatic carbocycles. The molecule has 3 aliphatic rings. The van der Waals surface area contributed by atoms with E-state index >= 15 is 0 Å². The molecule has 1 N–H and O–H groups in total. The standard InChI is InChI=1S/C19H25NO3.C9H16O2/c1-13-8-9-17(14(2)10-13)18(21)20-16(12-23-19(20)22)11-15-6-4-3-5-7-15;1-6-3-4-8(9(10)11)7(2)5-6/h3-7,13-14,16-17H,8-12H2,1-2H3;6-8H,3-5H2,1-2H3,(H,10,11)/t13-,14-,16-,17-;6-,7-,8-/m00/s1. The van der Waals surface area contributed by atoms with Gasteiger partial charge in [-0.3, -0.25) is 9.59 Å². The quantitative estimate of drug-likeness (QED) is 0.601. The number of nitrogens with zero attached hydrogens (tertiary/aromatic N) is 1. The van der Waals surface area contributed by atoms with Crippen LogP contribution in [0.1, 0.15) is 71.8 Å². The third kappa shape index (κ3) is 6.61. The lowest BCUT2D eigenvalue weighted by Gasteiger charge is -2.34. The Morgan fingerprint density at radius 3 is 2.00 bits per heavy atom. The summed E-state index contributed by atoms with van der Waals surface area (Å²) in [6.45, 7) is 8.92. The van der Waals surface area contributed by atoms with Gasteiger partial charge < -0.3 is 9.84 Å². The van der Waals surface area contributed by atoms with E-state index in [2.05, 4.69) is 27.7 Å². The van der Waals surface area contributed by atoms with Crippen LogP contribution in [0.5, 0.6) is 0 Å². The Morgan fingerprint density at radius 1 is 0.912 bits per heavy atom. The fourth-order valence-electron chi connectivity index (χ4n) is 6.01. The zero-order chi connectivity index (χ0) is 24.8. The third-order valence-electron chi connectivity index (χ3n) is 8.01. The number of benzene rings is 1. The van der Waals surface area contributed by atoms with Gasteiger partial charge in [0.25, 0.3) is 0 Å². The van der Waals surface area contributed by atoms with Crippen molar-refractivity contribution in [3.05, 3.63) is 35.9 Å². The van der Waals surface area contributed by atoms with Crippen molar-refractivity contribution in [3.8, 4) is 0 Å². The summed E-state index contributed by atoms with van der Waals surface area (Å²) in [5, 5.41) is 8.79. The molecule has 1 saturated heterocycles. The number of rotatable bonds is 4. The number of ether oxygens (including phenoxy) is 1. The molecule has 1 aromatic rings. The molecule has 0 spiro atoms. The predicted octanol–water partition coefficient (Wildman–Crippen LogP) is 5.79. The van der Waals surface area contributed by atoms with Crippen molar-refractivity contribution in [3.63, 3.8) is 0 Å². The molecule has 0 bridgehead atoms. The maximum Gasteiger partial charge on any atom is 0.416 e. The van der Waals surface area contributed by atoms with Gasteiger partial charge in [0.2, 0.25) is 5.91 Å². The second kappa shape index (κ2) is 11.9. The number of hydrogen-bond acceptors (Lipinski definition) is 4. The average Bonchev–Trinajstić information content (AvgIpc) is 3.14. The van der Waals surface area contributed by atoms with Crippen molar-refractivity contribution in [1.82, 2.24) is 4.90 Å². The third-order valence-corrected chi connectivity index (χ3v) is 8.01. The van der Waals surface area contributed by atoms with E-state index in [1.807, 2.05) is 30.3 Å².